The van der Waals surface area contributed by atoms with Crippen LogP contribution < -0.4 is 0 Å². The number of epoxide rings is 1. The highest BCUT2D eigenvalue weighted by Crippen LogP contribution is 2.49. The summed E-state index contributed by atoms with van der Waals surface area (Å²) in [6.07, 6.45) is -0.622. The van der Waals surface area contributed by atoms with Crippen LogP contribution in [0.1, 0.15) is 34.6 Å². The summed E-state index contributed by atoms with van der Waals surface area (Å²) in [6, 6.07) is 4.46. The molecular formula is C15H12O5. The van der Waals surface area contributed by atoms with E-state index in [1.165, 1.54) is 18.2 Å². The highest BCUT2D eigenvalue weighted by molar-refractivity contribution is 6.27. The summed E-state index contributed by atoms with van der Waals surface area (Å²) in [5.41, 5.74) is -0.154. The molecule has 20 heavy (non-hydrogen) atoms. The number of aromatic hydroxyl groups is 1. The van der Waals surface area contributed by atoms with Gasteiger partial charge in [-0.05, 0) is 26.0 Å². The molecule has 5 nitrogen and oxygen atoms in total. The summed E-state index contributed by atoms with van der Waals surface area (Å²) in [5, 5.41) is 9.86. The van der Waals surface area contributed by atoms with Crippen molar-refractivity contribution in [2.24, 2.45) is 0 Å². The molecule has 1 saturated heterocycles. The first-order chi connectivity index (χ1) is 9.42. The first kappa shape index (κ1) is 11.7. The summed E-state index contributed by atoms with van der Waals surface area (Å²) in [6.45, 7) is 3.66. The normalized spacial score (nSPS) is 29.3. The molecule has 0 bridgehead atoms. The number of benzene rings is 1. The maximum Gasteiger partial charge on any atom is 0.229 e. The van der Waals surface area contributed by atoms with Crippen LogP contribution in [-0.4, -0.2) is 34.5 Å². The molecule has 0 unspecified atom stereocenters. The van der Waals surface area contributed by atoms with E-state index in [0.717, 1.165) is 0 Å². The fourth-order valence-corrected chi connectivity index (χ4v) is 2.99. The number of hydrogen-bond acceptors (Lipinski definition) is 5. The van der Waals surface area contributed by atoms with E-state index in [2.05, 4.69) is 0 Å². The van der Waals surface area contributed by atoms with E-state index in [1.54, 1.807) is 0 Å². The SMILES string of the molecule is CC1(C)OC2=C(C(=O)c3c(O)cccc3C2=O)[C@@H]2O[C@@H]21. The van der Waals surface area contributed by atoms with E-state index < -0.39 is 11.7 Å². The van der Waals surface area contributed by atoms with Crippen LogP contribution in [0.2, 0.25) is 0 Å². The molecule has 5 heteroatoms. The van der Waals surface area contributed by atoms with Crippen LogP contribution in [0.5, 0.6) is 5.75 Å². The van der Waals surface area contributed by atoms with E-state index in [-0.39, 0.29) is 45.9 Å². The summed E-state index contributed by atoms with van der Waals surface area (Å²) < 4.78 is 11.2. The molecule has 1 aliphatic carbocycles. The molecule has 2 atom stereocenters. The number of carbonyl (C=O) groups excluding carboxylic acids is 2. The molecule has 1 aromatic carbocycles. The number of ether oxygens (including phenoxy) is 2. The molecule has 102 valence electrons. The van der Waals surface area contributed by atoms with Gasteiger partial charge in [0.25, 0.3) is 0 Å². The Morgan fingerprint density at radius 2 is 1.95 bits per heavy atom. The van der Waals surface area contributed by atoms with Crippen LogP contribution in [0.25, 0.3) is 0 Å². The Bertz CT molecular complexity index is 713. The zero-order valence-corrected chi connectivity index (χ0v) is 11.0. The quantitative estimate of drug-likeness (QED) is 0.726. The van der Waals surface area contributed by atoms with Crippen LogP contribution in [0.4, 0.5) is 0 Å². The number of hydrogen-bond donors (Lipinski definition) is 1. The summed E-state index contributed by atoms with van der Waals surface area (Å²) in [7, 11) is 0. The number of Topliss-reactive ketones (excluding diaryl/α,β-unsaturated/α-hetero) is 2. The standard InChI is InChI=1S/C15H12O5/c1-15(2)14-13(19-14)9-11(18)8-6(4-3-5-7(8)16)10(17)12(9)20-15/h3-5,13-14,16H,1-2H3/t13-,14-/m0/s1. The fourth-order valence-electron chi connectivity index (χ4n) is 2.99. The van der Waals surface area contributed by atoms with Crippen molar-refractivity contribution >= 4 is 11.6 Å². The second-order valence-corrected chi connectivity index (χ2v) is 5.78. The first-order valence-corrected chi connectivity index (χ1v) is 6.42. The molecule has 2 heterocycles. The molecule has 0 amide bonds. The average molecular weight is 272 g/mol. The molecule has 1 aromatic rings. The number of fused-ring (bicyclic) bond motifs is 3. The van der Waals surface area contributed by atoms with Crippen molar-refractivity contribution in [3.63, 3.8) is 0 Å². The molecule has 1 N–H and O–H groups in total. The fraction of sp³-hybridized carbons (Fsp3) is 0.333. The minimum Gasteiger partial charge on any atom is -0.507 e. The third-order valence-corrected chi connectivity index (χ3v) is 4.04. The van der Waals surface area contributed by atoms with Gasteiger partial charge in [0.1, 0.15) is 23.6 Å². The number of phenols is 1. The zero-order valence-electron chi connectivity index (χ0n) is 11.0. The van der Waals surface area contributed by atoms with Gasteiger partial charge in [-0.15, -0.1) is 0 Å². The molecule has 4 rings (SSSR count). The van der Waals surface area contributed by atoms with Crippen LogP contribution in [0, 0.1) is 0 Å². The van der Waals surface area contributed by atoms with Gasteiger partial charge in [0.15, 0.2) is 11.5 Å². The number of rotatable bonds is 0. The third kappa shape index (κ3) is 1.25. The molecule has 1 fully saturated rings. The Morgan fingerprint density at radius 3 is 2.70 bits per heavy atom. The Balaban J connectivity index is 1.95. The van der Waals surface area contributed by atoms with E-state index in [9.17, 15) is 14.7 Å². The van der Waals surface area contributed by atoms with Gasteiger partial charge in [-0.25, -0.2) is 0 Å². The minimum atomic E-state index is -0.631. The maximum atomic E-state index is 12.5. The molecule has 0 spiro atoms. The predicted octanol–water partition coefficient (Wildman–Crippen LogP) is 1.60. The number of carbonyl (C=O) groups is 2. The lowest BCUT2D eigenvalue weighted by atomic mass is 9.82. The predicted molar refractivity (Wildman–Crippen MR) is 67.6 cm³/mol. The van der Waals surface area contributed by atoms with Crippen molar-refractivity contribution in [1.82, 2.24) is 0 Å². The van der Waals surface area contributed by atoms with Crippen LogP contribution in [-0.2, 0) is 9.47 Å². The van der Waals surface area contributed by atoms with Gasteiger partial charge >= 0.3 is 0 Å². The second kappa shape index (κ2) is 3.30. The monoisotopic (exact) mass is 272 g/mol. The van der Waals surface area contributed by atoms with E-state index >= 15 is 0 Å². The number of ketones is 2. The molecular weight excluding hydrogens is 260 g/mol. The molecule has 2 aliphatic heterocycles. The van der Waals surface area contributed by atoms with Gasteiger partial charge < -0.3 is 14.6 Å². The number of allylic oxidation sites excluding steroid dienone is 1. The third-order valence-electron chi connectivity index (χ3n) is 4.04. The second-order valence-electron chi connectivity index (χ2n) is 5.78. The lowest BCUT2D eigenvalue weighted by molar-refractivity contribution is 0.00530. The topological polar surface area (TPSA) is 76.1 Å². The van der Waals surface area contributed by atoms with Gasteiger partial charge in [0, 0.05) is 5.56 Å². The van der Waals surface area contributed by atoms with Crippen LogP contribution in [0.3, 0.4) is 0 Å². The lowest BCUT2D eigenvalue weighted by Crippen LogP contribution is -2.41. The molecule has 0 radical (unpaired) electrons. The summed E-state index contributed by atoms with van der Waals surface area (Å²) in [4.78, 5) is 25.0. The minimum absolute atomic E-state index is 0.0498. The Morgan fingerprint density at radius 1 is 1.20 bits per heavy atom. The van der Waals surface area contributed by atoms with Crippen molar-refractivity contribution in [3.05, 3.63) is 40.7 Å². The Kier molecular flexibility index (Phi) is 1.92. The largest absolute Gasteiger partial charge is 0.507 e. The van der Waals surface area contributed by atoms with E-state index in [0.29, 0.717) is 0 Å². The van der Waals surface area contributed by atoms with Gasteiger partial charge in [0.05, 0.1) is 11.1 Å². The summed E-state index contributed by atoms with van der Waals surface area (Å²) >= 11 is 0. The highest BCUT2D eigenvalue weighted by Gasteiger charge is 2.61. The Labute approximate surface area is 114 Å². The summed E-state index contributed by atoms with van der Waals surface area (Å²) in [5.74, 6) is -0.866. The zero-order chi connectivity index (χ0) is 14.2. The smallest absolute Gasteiger partial charge is 0.229 e. The van der Waals surface area contributed by atoms with E-state index in [4.69, 9.17) is 9.47 Å². The first-order valence-electron chi connectivity index (χ1n) is 6.42. The van der Waals surface area contributed by atoms with Crippen molar-refractivity contribution in [2.45, 2.75) is 31.7 Å². The van der Waals surface area contributed by atoms with Crippen LogP contribution >= 0.6 is 0 Å². The Hall–Kier alpha value is -2.14. The lowest BCUT2D eigenvalue weighted by Gasteiger charge is -2.32. The highest BCUT2D eigenvalue weighted by atomic mass is 16.6. The molecule has 0 saturated carbocycles. The van der Waals surface area contributed by atoms with Crippen LogP contribution in [0.15, 0.2) is 29.5 Å². The molecule has 3 aliphatic rings. The van der Waals surface area contributed by atoms with Gasteiger partial charge in [-0.1, -0.05) is 6.07 Å². The van der Waals surface area contributed by atoms with Crippen molar-refractivity contribution in [2.75, 3.05) is 0 Å². The molecule has 0 aromatic heterocycles. The average Bonchev–Trinajstić information content (AvgIpc) is 3.16. The maximum absolute atomic E-state index is 12.5. The van der Waals surface area contributed by atoms with E-state index in [1.807, 2.05) is 13.8 Å². The number of phenolic OH excluding ortho intramolecular Hbond substituents is 1. The van der Waals surface area contributed by atoms with Crippen molar-refractivity contribution in [3.8, 4) is 5.75 Å². The van der Waals surface area contributed by atoms with Crippen molar-refractivity contribution in [1.29, 1.82) is 0 Å². The van der Waals surface area contributed by atoms with Gasteiger partial charge in [0.2, 0.25) is 5.78 Å². The van der Waals surface area contributed by atoms with Gasteiger partial charge in [-0.3, -0.25) is 9.59 Å². The van der Waals surface area contributed by atoms with Gasteiger partial charge in [-0.2, -0.15) is 0 Å². The van der Waals surface area contributed by atoms with Crippen molar-refractivity contribution < 1.29 is 24.2 Å².